The zero-order chi connectivity index (χ0) is 12.3. The van der Waals surface area contributed by atoms with Gasteiger partial charge in [0.1, 0.15) is 0 Å². The summed E-state index contributed by atoms with van der Waals surface area (Å²) in [7, 11) is 0. The number of halogens is 1. The third-order valence-electron chi connectivity index (χ3n) is 3.73. The molecule has 1 nitrogen and oxygen atoms in total. The van der Waals surface area contributed by atoms with Crippen molar-refractivity contribution < 1.29 is 0 Å². The first-order valence-electron chi connectivity index (χ1n) is 6.63. The number of rotatable bonds is 3. The Hall–Kier alpha value is -0.530. The van der Waals surface area contributed by atoms with Gasteiger partial charge in [-0.05, 0) is 42.9 Å². The summed E-state index contributed by atoms with van der Waals surface area (Å²) < 4.78 is 0. The van der Waals surface area contributed by atoms with Crippen LogP contribution in [-0.4, -0.2) is 6.04 Å². The van der Waals surface area contributed by atoms with Crippen LogP contribution in [-0.2, 0) is 6.54 Å². The highest BCUT2D eigenvalue weighted by Gasteiger charge is 2.18. The Kier molecular flexibility index (Phi) is 4.47. The molecule has 0 heterocycles. The zero-order valence-corrected chi connectivity index (χ0v) is 11.6. The SMILES string of the molecule is Cc1ccc(CNC2CCCC(C)C2)c(Cl)c1. The van der Waals surface area contributed by atoms with Crippen molar-refractivity contribution in [1.29, 1.82) is 0 Å². The highest BCUT2D eigenvalue weighted by molar-refractivity contribution is 6.31. The maximum atomic E-state index is 6.24. The highest BCUT2D eigenvalue weighted by Crippen LogP contribution is 2.24. The molecular formula is C15H22ClN. The highest BCUT2D eigenvalue weighted by atomic mass is 35.5. The normalized spacial score (nSPS) is 24.9. The molecule has 1 aliphatic rings. The van der Waals surface area contributed by atoms with Crippen LogP contribution < -0.4 is 5.32 Å². The van der Waals surface area contributed by atoms with E-state index >= 15 is 0 Å². The lowest BCUT2D eigenvalue weighted by Gasteiger charge is -2.27. The fraction of sp³-hybridized carbons (Fsp3) is 0.600. The molecule has 2 heteroatoms. The minimum atomic E-state index is 0.677. The number of benzene rings is 1. The lowest BCUT2D eigenvalue weighted by Crippen LogP contribution is -2.33. The summed E-state index contributed by atoms with van der Waals surface area (Å²) >= 11 is 6.24. The van der Waals surface area contributed by atoms with Gasteiger partial charge in [0.2, 0.25) is 0 Å². The van der Waals surface area contributed by atoms with Crippen LogP contribution in [0.1, 0.15) is 43.7 Å². The molecule has 17 heavy (non-hydrogen) atoms. The largest absolute Gasteiger partial charge is 0.310 e. The van der Waals surface area contributed by atoms with Gasteiger partial charge in [0.15, 0.2) is 0 Å². The van der Waals surface area contributed by atoms with E-state index in [2.05, 4.69) is 31.3 Å². The zero-order valence-electron chi connectivity index (χ0n) is 10.8. The van der Waals surface area contributed by atoms with Crippen molar-refractivity contribution in [2.24, 2.45) is 5.92 Å². The van der Waals surface area contributed by atoms with Gasteiger partial charge in [-0.2, -0.15) is 0 Å². The Labute approximate surface area is 110 Å². The Morgan fingerprint density at radius 3 is 2.88 bits per heavy atom. The van der Waals surface area contributed by atoms with Crippen molar-refractivity contribution in [3.63, 3.8) is 0 Å². The molecule has 0 radical (unpaired) electrons. The molecule has 1 N–H and O–H groups in total. The van der Waals surface area contributed by atoms with E-state index in [-0.39, 0.29) is 0 Å². The molecule has 2 unspecified atom stereocenters. The predicted molar refractivity (Wildman–Crippen MR) is 74.4 cm³/mol. The van der Waals surface area contributed by atoms with Gasteiger partial charge >= 0.3 is 0 Å². The van der Waals surface area contributed by atoms with Gasteiger partial charge in [-0.3, -0.25) is 0 Å². The molecule has 0 saturated heterocycles. The van der Waals surface area contributed by atoms with E-state index in [1.165, 1.54) is 36.8 Å². The van der Waals surface area contributed by atoms with Gasteiger partial charge in [-0.15, -0.1) is 0 Å². The van der Waals surface area contributed by atoms with E-state index in [1.54, 1.807) is 0 Å². The van der Waals surface area contributed by atoms with Gasteiger partial charge < -0.3 is 5.32 Å². The third-order valence-corrected chi connectivity index (χ3v) is 4.08. The Balaban J connectivity index is 1.88. The van der Waals surface area contributed by atoms with Crippen molar-refractivity contribution in [3.05, 3.63) is 34.3 Å². The van der Waals surface area contributed by atoms with Crippen molar-refractivity contribution in [1.82, 2.24) is 5.32 Å². The van der Waals surface area contributed by atoms with E-state index in [9.17, 15) is 0 Å². The van der Waals surface area contributed by atoms with Crippen LogP contribution in [0, 0.1) is 12.8 Å². The Morgan fingerprint density at radius 2 is 2.18 bits per heavy atom. The second kappa shape index (κ2) is 5.88. The van der Waals surface area contributed by atoms with E-state index < -0.39 is 0 Å². The number of hydrogen-bond donors (Lipinski definition) is 1. The molecule has 1 aromatic rings. The monoisotopic (exact) mass is 251 g/mol. The van der Waals surface area contributed by atoms with Crippen LogP contribution in [0.5, 0.6) is 0 Å². The molecule has 0 amide bonds. The molecule has 1 aliphatic carbocycles. The molecule has 0 spiro atoms. The summed E-state index contributed by atoms with van der Waals surface area (Å²) in [6.07, 6.45) is 5.38. The second-order valence-corrected chi connectivity index (χ2v) is 5.85. The summed E-state index contributed by atoms with van der Waals surface area (Å²) in [6, 6.07) is 6.99. The first-order valence-corrected chi connectivity index (χ1v) is 7.01. The number of nitrogens with one attached hydrogen (secondary N) is 1. The first kappa shape index (κ1) is 12.9. The van der Waals surface area contributed by atoms with Crippen LogP contribution in [0.3, 0.4) is 0 Å². The van der Waals surface area contributed by atoms with Gasteiger partial charge in [0.25, 0.3) is 0 Å². The van der Waals surface area contributed by atoms with Crippen molar-refractivity contribution in [3.8, 4) is 0 Å². The minimum Gasteiger partial charge on any atom is -0.310 e. The van der Waals surface area contributed by atoms with Crippen LogP contribution in [0.15, 0.2) is 18.2 Å². The predicted octanol–water partition coefficient (Wildman–Crippen LogP) is 4.32. The molecule has 0 bridgehead atoms. The summed E-state index contributed by atoms with van der Waals surface area (Å²) in [5.41, 5.74) is 2.44. The average Bonchev–Trinajstić information content (AvgIpc) is 2.28. The third kappa shape index (κ3) is 3.72. The summed E-state index contributed by atoms with van der Waals surface area (Å²) in [6.45, 7) is 5.33. The lowest BCUT2D eigenvalue weighted by atomic mass is 9.87. The van der Waals surface area contributed by atoms with E-state index in [1.807, 2.05) is 6.07 Å². The smallest absolute Gasteiger partial charge is 0.0453 e. The lowest BCUT2D eigenvalue weighted by molar-refractivity contribution is 0.300. The summed E-state index contributed by atoms with van der Waals surface area (Å²) in [5, 5.41) is 4.53. The maximum Gasteiger partial charge on any atom is 0.0453 e. The Morgan fingerprint density at radius 1 is 1.35 bits per heavy atom. The second-order valence-electron chi connectivity index (χ2n) is 5.44. The molecule has 0 aromatic heterocycles. The summed E-state index contributed by atoms with van der Waals surface area (Å²) in [4.78, 5) is 0. The summed E-state index contributed by atoms with van der Waals surface area (Å²) in [5.74, 6) is 0.870. The first-order chi connectivity index (χ1) is 8.15. The molecule has 1 aromatic carbocycles. The van der Waals surface area contributed by atoms with E-state index in [4.69, 9.17) is 11.6 Å². The van der Waals surface area contributed by atoms with Crippen molar-refractivity contribution >= 4 is 11.6 Å². The van der Waals surface area contributed by atoms with E-state index in [0.717, 1.165) is 17.5 Å². The fourth-order valence-corrected chi connectivity index (χ4v) is 2.97. The molecule has 1 fully saturated rings. The average molecular weight is 252 g/mol. The van der Waals surface area contributed by atoms with Gasteiger partial charge in [0, 0.05) is 17.6 Å². The van der Waals surface area contributed by atoms with Crippen LogP contribution in [0.2, 0.25) is 5.02 Å². The maximum absolute atomic E-state index is 6.24. The number of aryl methyl sites for hydroxylation is 1. The van der Waals surface area contributed by atoms with E-state index in [0.29, 0.717) is 6.04 Å². The van der Waals surface area contributed by atoms with Gasteiger partial charge in [-0.1, -0.05) is 43.5 Å². The molecular weight excluding hydrogens is 230 g/mol. The van der Waals surface area contributed by atoms with Crippen molar-refractivity contribution in [2.45, 2.75) is 52.1 Å². The van der Waals surface area contributed by atoms with Crippen LogP contribution in [0.4, 0.5) is 0 Å². The number of hydrogen-bond acceptors (Lipinski definition) is 1. The Bertz CT molecular complexity index is 375. The molecule has 2 rings (SSSR count). The molecule has 1 saturated carbocycles. The van der Waals surface area contributed by atoms with Crippen LogP contribution in [0.25, 0.3) is 0 Å². The quantitative estimate of drug-likeness (QED) is 0.844. The van der Waals surface area contributed by atoms with Gasteiger partial charge in [0.05, 0.1) is 0 Å². The fourth-order valence-electron chi connectivity index (χ4n) is 2.67. The molecule has 94 valence electrons. The topological polar surface area (TPSA) is 12.0 Å². The van der Waals surface area contributed by atoms with Crippen LogP contribution >= 0.6 is 11.6 Å². The standard InChI is InChI=1S/C15H22ClN/c1-11-4-3-5-14(8-11)17-10-13-7-6-12(2)9-15(13)16/h6-7,9,11,14,17H,3-5,8,10H2,1-2H3. The van der Waals surface area contributed by atoms with Crippen molar-refractivity contribution in [2.75, 3.05) is 0 Å². The minimum absolute atomic E-state index is 0.677. The molecule has 0 aliphatic heterocycles. The van der Waals surface area contributed by atoms with Gasteiger partial charge in [-0.25, -0.2) is 0 Å². The molecule has 2 atom stereocenters.